The first-order valence-electron chi connectivity index (χ1n) is 13.5. The average Bonchev–Trinajstić information content (AvgIpc) is 3.45. The van der Waals surface area contributed by atoms with Gasteiger partial charge in [-0.3, -0.25) is 19.2 Å². The minimum Gasteiger partial charge on any atom is -0.350 e. The molecule has 2 saturated heterocycles. The van der Waals surface area contributed by atoms with Crippen molar-refractivity contribution >= 4 is 41.3 Å². The number of likely N-dealkylation sites (N-methyl/N-ethyl adjacent to an activating group) is 1. The third-order valence-electron chi connectivity index (χ3n) is 6.96. The molecule has 2 heterocycles. The van der Waals surface area contributed by atoms with Gasteiger partial charge in [0.15, 0.2) is 11.6 Å². The molecule has 13 heteroatoms. The Balaban J connectivity index is 1.55. The van der Waals surface area contributed by atoms with Gasteiger partial charge >= 0.3 is 6.03 Å². The zero-order valence-corrected chi connectivity index (χ0v) is 23.7. The summed E-state index contributed by atoms with van der Waals surface area (Å²) in [5.41, 5.74) is 0.215. The second-order valence-corrected chi connectivity index (χ2v) is 11.7. The Hall–Kier alpha value is -3.22. The van der Waals surface area contributed by atoms with Gasteiger partial charge in [-0.15, -0.1) is 0 Å². The Bertz CT molecular complexity index is 1120. The van der Waals surface area contributed by atoms with Gasteiger partial charge < -0.3 is 26.6 Å². The number of carbonyl (C=O) groups excluding carboxylic acids is 5. The van der Waals surface area contributed by atoms with Gasteiger partial charge in [-0.2, -0.15) is 11.8 Å². The fourth-order valence-electron chi connectivity index (χ4n) is 4.83. The van der Waals surface area contributed by atoms with E-state index in [0.29, 0.717) is 6.42 Å². The van der Waals surface area contributed by atoms with Crippen LogP contribution in [0.15, 0.2) is 18.2 Å². The van der Waals surface area contributed by atoms with Crippen molar-refractivity contribution in [1.82, 2.24) is 26.6 Å². The molecule has 0 saturated carbocycles. The van der Waals surface area contributed by atoms with Gasteiger partial charge in [-0.25, -0.2) is 13.6 Å². The molecule has 5 amide bonds. The Morgan fingerprint density at radius 3 is 2.50 bits per heavy atom. The molecule has 2 aliphatic rings. The normalized spacial score (nSPS) is 21.1. The lowest BCUT2D eigenvalue weighted by Crippen LogP contribution is -2.56. The minimum atomic E-state index is -1.35. The molecule has 2 aliphatic heterocycles. The maximum atomic E-state index is 13.7. The Morgan fingerprint density at radius 2 is 1.82 bits per heavy atom. The van der Waals surface area contributed by atoms with Gasteiger partial charge in [0.2, 0.25) is 17.6 Å². The van der Waals surface area contributed by atoms with E-state index in [1.807, 2.05) is 0 Å². The van der Waals surface area contributed by atoms with E-state index < -0.39 is 41.3 Å². The molecule has 1 aromatic rings. The van der Waals surface area contributed by atoms with Crippen LogP contribution in [0.5, 0.6) is 0 Å². The summed E-state index contributed by atoms with van der Waals surface area (Å²) in [4.78, 5) is 62.4. The van der Waals surface area contributed by atoms with Gasteiger partial charge in [0.25, 0.3) is 5.91 Å². The summed E-state index contributed by atoms with van der Waals surface area (Å²) in [5, 5.41) is 13.8. The molecule has 3 rings (SSSR count). The summed E-state index contributed by atoms with van der Waals surface area (Å²) < 4.78 is 27.1. The molecule has 40 heavy (non-hydrogen) atoms. The third kappa shape index (κ3) is 8.39. The van der Waals surface area contributed by atoms with Crippen LogP contribution in [0.25, 0.3) is 0 Å². The van der Waals surface area contributed by atoms with Crippen LogP contribution in [0, 0.1) is 17.6 Å². The van der Waals surface area contributed by atoms with E-state index in [1.54, 1.807) is 32.5 Å². The largest absolute Gasteiger partial charge is 0.350 e. The van der Waals surface area contributed by atoms with Gasteiger partial charge in [0.05, 0.1) is 12.1 Å². The quantitative estimate of drug-likeness (QED) is 0.128. The van der Waals surface area contributed by atoms with Crippen LogP contribution < -0.4 is 26.6 Å². The van der Waals surface area contributed by atoms with Crippen molar-refractivity contribution in [2.45, 2.75) is 82.3 Å². The third-order valence-corrected chi connectivity index (χ3v) is 8.47. The summed E-state index contributed by atoms with van der Waals surface area (Å²) in [5.74, 6) is -4.49. The van der Waals surface area contributed by atoms with E-state index in [4.69, 9.17) is 0 Å². The lowest BCUT2D eigenvalue weighted by molar-refractivity contribution is -0.140. The first kappa shape index (κ1) is 31.3. The summed E-state index contributed by atoms with van der Waals surface area (Å²) in [6, 6.07) is 0.852. The highest BCUT2D eigenvalue weighted by Gasteiger charge is 2.42. The smallest absolute Gasteiger partial charge is 0.315 e. The van der Waals surface area contributed by atoms with Crippen LogP contribution in [0.3, 0.4) is 0 Å². The Kier molecular flexibility index (Phi) is 11.3. The molecule has 0 bridgehead atoms. The first-order chi connectivity index (χ1) is 19.0. The highest BCUT2D eigenvalue weighted by molar-refractivity contribution is 8.00. The highest BCUT2D eigenvalue weighted by Crippen LogP contribution is 2.33. The summed E-state index contributed by atoms with van der Waals surface area (Å²) in [7, 11) is 0. The second-order valence-electron chi connectivity index (χ2n) is 10.4. The lowest BCUT2D eigenvalue weighted by atomic mass is 9.98. The predicted molar refractivity (Wildman–Crippen MR) is 146 cm³/mol. The van der Waals surface area contributed by atoms with Gasteiger partial charge in [0.1, 0.15) is 12.1 Å². The molecular weight excluding hydrogens is 544 g/mol. The number of halogens is 2. The number of ketones is 1. The fraction of sp³-hybridized carbons (Fsp3) is 0.593. The van der Waals surface area contributed by atoms with E-state index in [0.717, 1.165) is 30.7 Å². The molecule has 2 fully saturated rings. The number of hydrogen-bond acceptors (Lipinski definition) is 6. The predicted octanol–water partition coefficient (Wildman–Crippen LogP) is 1.56. The van der Waals surface area contributed by atoms with Crippen LogP contribution in [0.4, 0.5) is 13.6 Å². The number of urea groups is 1. The number of benzene rings is 1. The standard InChI is InChI=1S/C27H37F2N5O5S/c1-4-30-26(38)24(36)18(12-15-9-10-16(28)17(29)11-15)31-25(37)22(14(2)3)33-21(35)8-6-5-7-20-23-19(13-40-20)32-27(39)34-23/h9-11,14,18-20,22-23H,4-8,12-13H2,1-3H3,(H,30,38)(H,31,37)(H,33,35)(H2,32,34,39)/t18-,19-,20?,22-,23-/m0/s1. The number of thioether (sulfide) groups is 1. The van der Waals surface area contributed by atoms with Crippen LogP contribution in [0.2, 0.25) is 0 Å². The minimum absolute atomic E-state index is 0.0989. The van der Waals surface area contributed by atoms with E-state index in [1.165, 1.54) is 6.07 Å². The summed E-state index contributed by atoms with van der Waals surface area (Å²) in [6.45, 7) is 5.29. The van der Waals surface area contributed by atoms with Crippen molar-refractivity contribution in [2.24, 2.45) is 5.92 Å². The van der Waals surface area contributed by atoms with Crippen LogP contribution in [0.1, 0.15) is 52.0 Å². The number of rotatable bonds is 14. The SMILES string of the molecule is CCNC(=O)C(=O)[C@H](Cc1ccc(F)c(F)c1)NC(=O)[C@@H](NC(=O)CCCCC1SC[C@@H]2NC(=O)N[C@H]12)C(C)C. The fourth-order valence-corrected chi connectivity index (χ4v) is 6.38. The number of unbranched alkanes of at least 4 members (excludes halogenated alkanes) is 1. The zero-order chi connectivity index (χ0) is 29.4. The van der Waals surface area contributed by atoms with E-state index >= 15 is 0 Å². The molecule has 5 atom stereocenters. The maximum Gasteiger partial charge on any atom is 0.315 e. The van der Waals surface area contributed by atoms with Crippen molar-refractivity contribution in [3.63, 3.8) is 0 Å². The van der Waals surface area contributed by atoms with Gasteiger partial charge in [0, 0.05) is 30.4 Å². The number of carbonyl (C=O) groups is 5. The van der Waals surface area contributed by atoms with Crippen LogP contribution in [-0.2, 0) is 25.6 Å². The van der Waals surface area contributed by atoms with E-state index in [9.17, 15) is 32.8 Å². The summed E-state index contributed by atoms with van der Waals surface area (Å²) >= 11 is 1.80. The molecule has 10 nitrogen and oxygen atoms in total. The molecule has 1 aromatic carbocycles. The molecule has 0 spiro atoms. The molecule has 1 unspecified atom stereocenters. The maximum absolute atomic E-state index is 13.7. The highest BCUT2D eigenvalue weighted by atomic mass is 32.2. The van der Waals surface area contributed by atoms with Crippen molar-refractivity contribution in [1.29, 1.82) is 0 Å². The molecule has 5 N–H and O–H groups in total. The number of nitrogens with one attached hydrogen (secondary N) is 5. The van der Waals surface area contributed by atoms with Crippen molar-refractivity contribution in [3.8, 4) is 0 Å². The van der Waals surface area contributed by atoms with Crippen molar-refractivity contribution in [3.05, 3.63) is 35.4 Å². The van der Waals surface area contributed by atoms with Crippen LogP contribution >= 0.6 is 11.8 Å². The summed E-state index contributed by atoms with van der Waals surface area (Å²) in [6.07, 6.45) is 2.18. The van der Waals surface area contributed by atoms with Crippen molar-refractivity contribution < 1.29 is 32.8 Å². The zero-order valence-electron chi connectivity index (χ0n) is 22.9. The van der Waals surface area contributed by atoms with Crippen molar-refractivity contribution in [2.75, 3.05) is 12.3 Å². The van der Waals surface area contributed by atoms with Gasteiger partial charge in [-0.05, 0) is 43.4 Å². The number of Topliss-reactive ketones (excluding diaryl/α,β-unsaturated/α-hetero) is 1. The van der Waals surface area contributed by atoms with E-state index in [-0.39, 0.29) is 60.1 Å². The second kappa shape index (κ2) is 14.4. The monoisotopic (exact) mass is 581 g/mol. The Morgan fingerprint density at radius 1 is 1.07 bits per heavy atom. The van der Waals surface area contributed by atoms with Crippen LogP contribution in [-0.4, -0.2) is 71.3 Å². The topological polar surface area (TPSA) is 146 Å². The molecule has 220 valence electrons. The lowest BCUT2D eigenvalue weighted by Gasteiger charge is -2.25. The first-order valence-corrected chi connectivity index (χ1v) is 14.6. The Labute approximate surface area is 236 Å². The molecule has 0 aromatic heterocycles. The molecule has 0 aliphatic carbocycles. The molecule has 0 radical (unpaired) electrons. The van der Waals surface area contributed by atoms with Gasteiger partial charge in [-0.1, -0.05) is 26.3 Å². The average molecular weight is 582 g/mol. The van der Waals surface area contributed by atoms with E-state index in [2.05, 4.69) is 26.6 Å². The number of fused-ring (bicyclic) bond motifs is 1. The number of hydrogen-bond donors (Lipinski definition) is 5. The molecular formula is C27H37F2N5O5S. The number of amides is 5.